The van der Waals surface area contributed by atoms with Crippen LogP contribution in [0.4, 0.5) is 4.39 Å². The fraction of sp³-hybridized carbons (Fsp3) is 0.211. The van der Waals surface area contributed by atoms with Crippen LogP contribution in [0, 0.1) is 5.82 Å². The minimum Gasteiger partial charge on any atom is -0.454 e. The van der Waals surface area contributed by atoms with Gasteiger partial charge in [0.2, 0.25) is 6.79 Å². The van der Waals surface area contributed by atoms with Crippen LogP contribution < -0.4 is 14.8 Å². The predicted octanol–water partition coefficient (Wildman–Crippen LogP) is 1.88. The number of hydrogen-bond acceptors (Lipinski definition) is 8. The van der Waals surface area contributed by atoms with Crippen LogP contribution in [0.15, 0.2) is 51.9 Å². The number of hydrogen-bond donors (Lipinski definition) is 1. The number of nitrogens with one attached hydrogen (secondary N) is 1. The molecule has 0 unspecified atom stereocenters. The Labute approximate surface area is 170 Å². The molecule has 1 amide bonds. The van der Waals surface area contributed by atoms with Crippen LogP contribution in [-0.4, -0.2) is 37.0 Å². The van der Waals surface area contributed by atoms with Crippen LogP contribution in [0.5, 0.6) is 11.5 Å². The largest absolute Gasteiger partial charge is 0.454 e. The summed E-state index contributed by atoms with van der Waals surface area (Å²) in [6.45, 7) is 0.360. The Balaban J connectivity index is 1.33. The number of rotatable bonds is 7. The Morgan fingerprint density at radius 3 is 2.67 bits per heavy atom. The van der Waals surface area contributed by atoms with Crippen molar-refractivity contribution in [1.29, 1.82) is 0 Å². The molecule has 1 aliphatic rings. The van der Waals surface area contributed by atoms with Gasteiger partial charge in [0.05, 0.1) is 10.6 Å². The molecule has 2 aromatic carbocycles. The lowest BCUT2D eigenvalue weighted by Gasteiger charge is -2.04. The number of nitrogens with zero attached hydrogens (tertiary/aromatic N) is 2. The minimum atomic E-state index is -3.65. The lowest BCUT2D eigenvalue weighted by atomic mass is 10.2. The Morgan fingerprint density at radius 1 is 1.10 bits per heavy atom. The summed E-state index contributed by atoms with van der Waals surface area (Å²) in [6, 6.07) is 9.81. The molecule has 0 radical (unpaired) electrons. The van der Waals surface area contributed by atoms with Crippen LogP contribution in [0.1, 0.15) is 22.1 Å². The molecular weight excluding hydrogens is 417 g/mol. The highest BCUT2D eigenvalue weighted by molar-refractivity contribution is 7.91. The number of halogens is 1. The molecule has 0 saturated carbocycles. The second kappa shape index (κ2) is 8.11. The fourth-order valence-electron chi connectivity index (χ4n) is 2.74. The van der Waals surface area contributed by atoms with E-state index in [2.05, 4.69) is 15.5 Å². The quantitative estimate of drug-likeness (QED) is 0.561. The average molecular weight is 433 g/mol. The second-order valence-corrected chi connectivity index (χ2v) is 8.52. The number of sulfone groups is 1. The topological polar surface area (TPSA) is 121 Å². The van der Waals surface area contributed by atoms with E-state index in [0.29, 0.717) is 11.5 Å². The number of carbonyl (C=O) groups is 1. The first kappa shape index (κ1) is 19.8. The predicted molar refractivity (Wildman–Crippen MR) is 100 cm³/mol. The first-order chi connectivity index (χ1) is 14.4. The number of benzene rings is 2. The molecule has 9 nitrogen and oxygen atoms in total. The zero-order valence-corrected chi connectivity index (χ0v) is 16.3. The van der Waals surface area contributed by atoms with Gasteiger partial charge >= 0.3 is 11.8 Å². The van der Waals surface area contributed by atoms with Crippen molar-refractivity contribution in [2.45, 2.75) is 17.9 Å². The van der Waals surface area contributed by atoms with Crippen molar-refractivity contribution in [2.75, 3.05) is 12.5 Å². The molecule has 0 spiro atoms. The zero-order chi connectivity index (χ0) is 21.1. The maximum absolute atomic E-state index is 13.0. The van der Waals surface area contributed by atoms with Gasteiger partial charge in [-0.2, -0.15) is 4.98 Å². The summed E-state index contributed by atoms with van der Waals surface area (Å²) in [5, 5.41) is 6.28. The summed E-state index contributed by atoms with van der Waals surface area (Å²) in [7, 11) is -3.65. The summed E-state index contributed by atoms with van der Waals surface area (Å²) < 4.78 is 53.0. The number of carbonyl (C=O) groups excluding carboxylic acids is 1. The lowest BCUT2D eigenvalue weighted by molar-refractivity contribution is 0.0907. The molecule has 0 aliphatic carbocycles. The molecule has 0 saturated heterocycles. The van der Waals surface area contributed by atoms with Gasteiger partial charge in [-0.15, -0.1) is 0 Å². The fourth-order valence-corrected chi connectivity index (χ4v) is 3.98. The molecular formula is C19H16FN3O6S. The number of ether oxygens (including phenoxy) is 2. The SMILES string of the molecule is O=C(NCc1ccc2c(c1)OCO2)c1nc(CCS(=O)(=O)c2ccc(F)cc2)no1. The van der Waals surface area contributed by atoms with Crippen molar-refractivity contribution < 1.29 is 31.6 Å². The third-order valence-electron chi connectivity index (χ3n) is 4.32. The van der Waals surface area contributed by atoms with Crippen LogP contribution in [0.3, 0.4) is 0 Å². The molecule has 11 heteroatoms. The number of aromatic nitrogens is 2. The van der Waals surface area contributed by atoms with E-state index < -0.39 is 21.6 Å². The molecule has 30 heavy (non-hydrogen) atoms. The van der Waals surface area contributed by atoms with E-state index in [0.717, 1.165) is 17.7 Å². The van der Waals surface area contributed by atoms with Crippen LogP contribution >= 0.6 is 0 Å². The Bertz CT molecular complexity index is 1180. The van der Waals surface area contributed by atoms with Gasteiger partial charge in [0, 0.05) is 13.0 Å². The molecule has 1 aromatic heterocycles. The van der Waals surface area contributed by atoms with Gasteiger partial charge < -0.3 is 19.3 Å². The van der Waals surface area contributed by atoms with Gasteiger partial charge in [0.15, 0.2) is 27.2 Å². The standard InChI is InChI=1S/C19H16FN3O6S/c20-13-2-4-14(5-3-13)30(25,26)8-7-17-22-19(29-23-17)18(24)21-10-12-1-6-15-16(9-12)28-11-27-15/h1-6,9H,7-8,10-11H2,(H,21,24). The third kappa shape index (κ3) is 4.40. The van der Waals surface area contributed by atoms with Gasteiger partial charge in [0.1, 0.15) is 5.82 Å². The van der Waals surface area contributed by atoms with Crippen LogP contribution in [0.25, 0.3) is 0 Å². The highest BCUT2D eigenvalue weighted by atomic mass is 32.2. The van der Waals surface area contributed by atoms with E-state index in [1.165, 1.54) is 12.1 Å². The van der Waals surface area contributed by atoms with Gasteiger partial charge in [0.25, 0.3) is 0 Å². The number of fused-ring (bicyclic) bond motifs is 1. The number of aryl methyl sites for hydroxylation is 1. The number of amides is 1. The Hall–Kier alpha value is -3.47. The Morgan fingerprint density at radius 2 is 1.87 bits per heavy atom. The van der Waals surface area contributed by atoms with E-state index in [9.17, 15) is 17.6 Å². The highest BCUT2D eigenvalue weighted by Gasteiger charge is 2.20. The van der Waals surface area contributed by atoms with Crippen molar-refractivity contribution >= 4 is 15.7 Å². The summed E-state index contributed by atoms with van der Waals surface area (Å²) >= 11 is 0. The van der Waals surface area contributed by atoms with Crippen molar-refractivity contribution in [3.8, 4) is 11.5 Å². The summed E-state index contributed by atoms with van der Waals surface area (Å²) in [4.78, 5) is 16.1. The monoisotopic (exact) mass is 433 g/mol. The summed E-state index contributed by atoms with van der Waals surface area (Å²) in [5.41, 5.74) is 0.790. The van der Waals surface area contributed by atoms with Crippen molar-refractivity contribution in [3.63, 3.8) is 0 Å². The van der Waals surface area contributed by atoms with Gasteiger partial charge in [-0.05, 0) is 42.0 Å². The molecule has 0 bridgehead atoms. The first-order valence-corrected chi connectivity index (χ1v) is 10.5. The summed E-state index contributed by atoms with van der Waals surface area (Å²) in [5.74, 6) is -0.377. The van der Waals surface area contributed by atoms with E-state index in [1.807, 2.05) is 0 Å². The average Bonchev–Trinajstić information content (AvgIpc) is 3.40. The summed E-state index contributed by atoms with van der Waals surface area (Å²) in [6.07, 6.45) is -0.0569. The maximum Gasteiger partial charge on any atom is 0.315 e. The molecule has 156 valence electrons. The minimum absolute atomic E-state index is 0.00547. The molecule has 1 aliphatic heterocycles. The lowest BCUT2D eigenvalue weighted by Crippen LogP contribution is -2.23. The van der Waals surface area contributed by atoms with Crippen LogP contribution in [-0.2, 0) is 22.8 Å². The van der Waals surface area contributed by atoms with E-state index in [4.69, 9.17) is 14.0 Å². The Kier molecular flexibility index (Phi) is 5.36. The highest BCUT2D eigenvalue weighted by Crippen LogP contribution is 2.32. The maximum atomic E-state index is 13.0. The molecule has 0 fully saturated rings. The van der Waals surface area contributed by atoms with Gasteiger partial charge in [-0.25, -0.2) is 12.8 Å². The molecule has 0 atom stereocenters. The molecule has 3 aromatic rings. The van der Waals surface area contributed by atoms with Crippen molar-refractivity contribution in [1.82, 2.24) is 15.5 Å². The smallest absolute Gasteiger partial charge is 0.315 e. The van der Waals surface area contributed by atoms with E-state index in [-0.39, 0.29) is 42.1 Å². The normalized spacial score (nSPS) is 12.7. The molecule has 4 rings (SSSR count). The molecule has 1 N–H and O–H groups in total. The van der Waals surface area contributed by atoms with Crippen molar-refractivity contribution in [2.24, 2.45) is 0 Å². The van der Waals surface area contributed by atoms with Gasteiger partial charge in [-0.1, -0.05) is 11.2 Å². The molecule has 2 heterocycles. The van der Waals surface area contributed by atoms with E-state index >= 15 is 0 Å². The van der Waals surface area contributed by atoms with Crippen LogP contribution in [0.2, 0.25) is 0 Å². The van der Waals surface area contributed by atoms with Gasteiger partial charge in [-0.3, -0.25) is 4.79 Å². The van der Waals surface area contributed by atoms with E-state index in [1.54, 1.807) is 18.2 Å². The second-order valence-electron chi connectivity index (χ2n) is 6.41. The zero-order valence-electron chi connectivity index (χ0n) is 15.5. The van der Waals surface area contributed by atoms with Crippen molar-refractivity contribution in [3.05, 3.63) is 65.6 Å². The first-order valence-electron chi connectivity index (χ1n) is 8.88. The third-order valence-corrected chi connectivity index (χ3v) is 6.05.